The zero-order valence-corrected chi connectivity index (χ0v) is 9.94. The van der Waals surface area contributed by atoms with Crippen molar-refractivity contribution < 1.29 is 4.52 Å². The lowest BCUT2D eigenvalue weighted by Crippen LogP contribution is -2.43. The number of rotatable bonds is 2. The van der Waals surface area contributed by atoms with Gasteiger partial charge in [-0.05, 0) is 31.4 Å². The molecule has 0 unspecified atom stereocenters. The normalized spacial score (nSPS) is 17.8. The van der Waals surface area contributed by atoms with Crippen molar-refractivity contribution in [1.82, 2.24) is 10.1 Å². The predicted octanol–water partition coefficient (Wildman–Crippen LogP) is 2.73. The van der Waals surface area contributed by atoms with Gasteiger partial charge in [0.15, 0.2) is 0 Å². The highest BCUT2D eigenvalue weighted by molar-refractivity contribution is 6.33. The van der Waals surface area contributed by atoms with Crippen LogP contribution >= 0.6 is 11.6 Å². The Morgan fingerprint density at radius 2 is 2.06 bits per heavy atom. The number of nitrogens with two attached hydrogens (primary N) is 1. The van der Waals surface area contributed by atoms with Crippen molar-refractivity contribution in [3.05, 3.63) is 35.2 Å². The number of nitrogens with zero attached hydrogens (tertiary/aromatic N) is 2. The monoisotopic (exact) mass is 249 g/mol. The second-order valence-electron chi connectivity index (χ2n) is 4.41. The van der Waals surface area contributed by atoms with Gasteiger partial charge >= 0.3 is 0 Å². The summed E-state index contributed by atoms with van der Waals surface area (Å²) >= 11 is 6.08. The van der Waals surface area contributed by atoms with Crippen molar-refractivity contribution in [2.24, 2.45) is 5.73 Å². The Kier molecular flexibility index (Phi) is 2.42. The first-order chi connectivity index (χ1) is 8.19. The highest BCUT2D eigenvalue weighted by Gasteiger charge is 2.40. The molecule has 5 heteroatoms. The van der Waals surface area contributed by atoms with Crippen molar-refractivity contribution in [3.8, 4) is 11.4 Å². The first kappa shape index (κ1) is 10.7. The molecule has 0 bridgehead atoms. The lowest BCUT2D eigenvalue weighted by Gasteiger charge is -2.33. The van der Waals surface area contributed by atoms with E-state index in [1.165, 1.54) is 0 Å². The summed E-state index contributed by atoms with van der Waals surface area (Å²) in [6, 6.07) is 7.41. The fraction of sp³-hybridized carbons (Fsp3) is 0.333. The Hall–Kier alpha value is -1.39. The van der Waals surface area contributed by atoms with Crippen LogP contribution in [0.15, 0.2) is 28.8 Å². The quantitative estimate of drug-likeness (QED) is 0.889. The first-order valence-corrected chi connectivity index (χ1v) is 5.95. The van der Waals surface area contributed by atoms with Crippen LogP contribution in [0.5, 0.6) is 0 Å². The van der Waals surface area contributed by atoms with Gasteiger partial charge in [-0.15, -0.1) is 0 Å². The number of halogens is 1. The van der Waals surface area contributed by atoms with Crippen LogP contribution < -0.4 is 5.73 Å². The lowest BCUT2D eigenvalue weighted by atomic mass is 9.78. The van der Waals surface area contributed by atoms with Gasteiger partial charge in [0.2, 0.25) is 11.7 Å². The van der Waals surface area contributed by atoms with Crippen LogP contribution in [0.4, 0.5) is 0 Å². The molecule has 4 nitrogen and oxygen atoms in total. The molecular weight excluding hydrogens is 238 g/mol. The molecule has 88 valence electrons. The second kappa shape index (κ2) is 3.82. The molecular formula is C12H12ClN3O. The van der Waals surface area contributed by atoms with Gasteiger partial charge in [0, 0.05) is 5.56 Å². The topological polar surface area (TPSA) is 64.9 Å². The summed E-state index contributed by atoms with van der Waals surface area (Å²) in [6.45, 7) is 0. The van der Waals surface area contributed by atoms with E-state index in [2.05, 4.69) is 10.1 Å². The van der Waals surface area contributed by atoms with Crippen LogP contribution in [0, 0.1) is 0 Å². The van der Waals surface area contributed by atoms with Crippen molar-refractivity contribution >= 4 is 11.6 Å². The van der Waals surface area contributed by atoms with E-state index in [1.807, 2.05) is 18.2 Å². The van der Waals surface area contributed by atoms with Gasteiger partial charge in [-0.25, -0.2) is 0 Å². The Bertz CT molecular complexity index is 548. The molecule has 3 rings (SSSR count). The smallest absolute Gasteiger partial charge is 0.247 e. The standard InChI is InChI=1S/C12H12ClN3O/c13-9-5-2-1-4-8(9)10-15-11(17-16-10)12(14)6-3-7-12/h1-2,4-5H,3,6-7,14H2. The lowest BCUT2D eigenvalue weighted by molar-refractivity contribution is 0.181. The Balaban J connectivity index is 1.98. The molecule has 0 atom stereocenters. The van der Waals surface area contributed by atoms with Crippen molar-refractivity contribution in [2.45, 2.75) is 24.8 Å². The molecule has 2 aromatic rings. The number of hydrogen-bond donors (Lipinski definition) is 1. The summed E-state index contributed by atoms with van der Waals surface area (Å²) in [5.41, 5.74) is 6.47. The Labute approximate surface area is 104 Å². The zero-order valence-electron chi connectivity index (χ0n) is 9.19. The molecule has 17 heavy (non-hydrogen) atoms. The summed E-state index contributed by atoms with van der Waals surface area (Å²) in [6.07, 6.45) is 2.91. The van der Waals surface area contributed by atoms with E-state index in [9.17, 15) is 0 Å². The average Bonchev–Trinajstić information content (AvgIpc) is 2.76. The molecule has 1 heterocycles. The minimum absolute atomic E-state index is 0.424. The molecule has 0 amide bonds. The highest BCUT2D eigenvalue weighted by atomic mass is 35.5. The van der Waals surface area contributed by atoms with Gasteiger partial charge in [0.25, 0.3) is 0 Å². The maximum atomic E-state index is 6.12. The van der Waals surface area contributed by atoms with E-state index in [-0.39, 0.29) is 0 Å². The van der Waals surface area contributed by atoms with Crippen LogP contribution in [0.25, 0.3) is 11.4 Å². The molecule has 0 aliphatic heterocycles. The molecule has 1 saturated carbocycles. The van der Waals surface area contributed by atoms with E-state index in [1.54, 1.807) is 6.07 Å². The van der Waals surface area contributed by atoms with Crippen LogP contribution in [0.2, 0.25) is 5.02 Å². The van der Waals surface area contributed by atoms with Crippen LogP contribution in [-0.4, -0.2) is 10.1 Å². The van der Waals surface area contributed by atoms with Crippen molar-refractivity contribution in [3.63, 3.8) is 0 Å². The number of aromatic nitrogens is 2. The van der Waals surface area contributed by atoms with E-state index in [0.717, 1.165) is 24.8 Å². The molecule has 0 spiro atoms. The number of hydrogen-bond acceptors (Lipinski definition) is 4. The Morgan fingerprint density at radius 3 is 2.71 bits per heavy atom. The molecule has 0 radical (unpaired) electrons. The fourth-order valence-electron chi connectivity index (χ4n) is 1.95. The first-order valence-electron chi connectivity index (χ1n) is 5.57. The van der Waals surface area contributed by atoms with Gasteiger partial charge < -0.3 is 10.3 Å². The van der Waals surface area contributed by atoms with Crippen LogP contribution in [0.1, 0.15) is 25.2 Å². The van der Waals surface area contributed by atoms with Crippen LogP contribution in [0.3, 0.4) is 0 Å². The summed E-state index contributed by atoms with van der Waals surface area (Å²) in [4.78, 5) is 4.35. The van der Waals surface area contributed by atoms with Crippen LogP contribution in [-0.2, 0) is 5.54 Å². The SMILES string of the molecule is NC1(c2nc(-c3ccccc3Cl)no2)CCC1. The molecule has 1 aromatic carbocycles. The minimum Gasteiger partial charge on any atom is -0.337 e. The summed E-state index contributed by atoms with van der Waals surface area (Å²) in [5.74, 6) is 1.01. The van der Waals surface area contributed by atoms with Crippen molar-refractivity contribution in [2.75, 3.05) is 0 Å². The second-order valence-corrected chi connectivity index (χ2v) is 4.82. The van der Waals surface area contributed by atoms with Crippen molar-refractivity contribution in [1.29, 1.82) is 0 Å². The maximum Gasteiger partial charge on any atom is 0.247 e. The van der Waals surface area contributed by atoms with E-state index < -0.39 is 5.54 Å². The largest absolute Gasteiger partial charge is 0.337 e. The van der Waals surface area contributed by atoms with Gasteiger partial charge in [-0.1, -0.05) is 28.9 Å². The number of benzene rings is 1. The molecule has 2 N–H and O–H groups in total. The molecule has 1 aliphatic rings. The minimum atomic E-state index is -0.424. The molecule has 0 saturated heterocycles. The molecule has 1 aromatic heterocycles. The third-order valence-electron chi connectivity index (χ3n) is 3.21. The maximum absolute atomic E-state index is 6.12. The van der Waals surface area contributed by atoms with Gasteiger partial charge in [-0.2, -0.15) is 4.98 Å². The highest BCUT2D eigenvalue weighted by Crippen LogP contribution is 2.38. The summed E-state index contributed by atoms with van der Waals surface area (Å²) in [5, 5.41) is 4.56. The van der Waals surface area contributed by atoms with E-state index in [4.69, 9.17) is 21.9 Å². The summed E-state index contributed by atoms with van der Waals surface area (Å²) < 4.78 is 5.24. The predicted molar refractivity (Wildman–Crippen MR) is 64.5 cm³/mol. The summed E-state index contributed by atoms with van der Waals surface area (Å²) in [7, 11) is 0. The Morgan fingerprint density at radius 1 is 1.29 bits per heavy atom. The van der Waals surface area contributed by atoms with E-state index in [0.29, 0.717) is 16.7 Å². The molecule has 1 fully saturated rings. The van der Waals surface area contributed by atoms with Gasteiger partial charge in [0.05, 0.1) is 10.6 Å². The van der Waals surface area contributed by atoms with Gasteiger partial charge in [0.1, 0.15) is 0 Å². The zero-order chi connectivity index (χ0) is 11.9. The average molecular weight is 250 g/mol. The van der Waals surface area contributed by atoms with Gasteiger partial charge in [-0.3, -0.25) is 0 Å². The fourth-order valence-corrected chi connectivity index (χ4v) is 2.17. The third-order valence-corrected chi connectivity index (χ3v) is 3.54. The third kappa shape index (κ3) is 1.73. The van der Waals surface area contributed by atoms with E-state index >= 15 is 0 Å². The molecule has 1 aliphatic carbocycles.